The zero-order chi connectivity index (χ0) is 20.2. The van der Waals surface area contributed by atoms with Gasteiger partial charge in [0.15, 0.2) is 5.96 Å². The highest BCUT2D eigenvalue weighted by molar-refractivity contribution is 14.0. The van der Waals surface area contributed by atoms with E-state index in [1.54, 1.807) is 7.11 Å². The number of ether oxygens (including phenoxy) is 2. The van der Waals surface area contributed by atoms with Gasteiger partial charge in [0, 0.05) is 45.1 Å². The topological polar surface area (TPSA) is 58.1 Å². The summed E-state index contributed by atoms with van der Waals surface area (Å²) in [6.07, 6.45) is 2.57. The number of guanidine groups is 1. The van der Waals surface area contributed by atoms with Crippen molar-refractivity contribution in [1.82, 2.24) is 15.5 Å². The highest BCUT2D eigenvalue weighted by Crippen LogP contribution is 2.36. The minimum atomic E-state index is 0. The Kier molecular flexibility index (Phi) is 13.0. The first-order valence-electron chi connectivity index (χ1n) is 10.0. The first-order chi connectivity index (χ1) is 13.5. The van der Waals surface area contributed by atoms with E-state index in [0.29, 0.717) is 17.9 Å². The summed E-state index contributed by atoms with van der Waals surface area (Å²) >= 11 is 2.06. The summed E-state index contributed by atoms with van der Waals surface area (Å²) in [7, 11) is 5.62. The standard InChI is InChI=1S/C21H36N4O2S.HI/c1-21(9-6-14-28-21)17-24-20(22-2)23-16-18-7-5-8-19(15-18)27-13-11-25(3)10-12-26-4;/h5,7-8,15H,6,9-14,16-17H2,1-4H3,(H2,22,23,24);1H. The fraction of sp³-hybridized carbons (Fsp3) is 0.667. The van der Waals surface area contributed by atoms with Gasteiger partial charge < -0.3 is 25.0 Å². The van der Waals surface area contributed by atoms with Crippen molar-refractivity contribution in [2.24, 2.45) is 4.99 Å². The molecular formula is C21H37IN4O2S. The van der Waals surface area contributed by atoms with Gasteiger partial charge in [-0.05, 0) is 50.3 Å². The molecule has 1 heterocycles. The number of thioether (sulfide) groups is 1. The van der Waals surface area contributed by atoms with Gasteiger partial charge in [-0.25, -0.2) is 0 Å². The van der Waals surface area contributed by atoms with E-state index in [4.69, 9.17) is 9.47 Å². The summed E-state index contributed by atoms with van der Waals surface area (Å²) < 4.78 is 11.3. The number of hydrogen-bond acceptors (Lipinski definition) is 5. The molecule has 2 rings (SSSR count). The second-order valence-corrected chi connectivity index (χ2v) is 9.16. The maximum Gasteiger partial charge on any atom is 0.191 e. The highest BCUT2D eigenvalue weighted by Gasteiger charge is 2.29. The van der Waals surface area contributed by atoms with Gasteiger partial charge in [0.2, 0.25) is 0 Å². The Morgan fingerprint density at radius 2 is 2.07 bits per heavy atom. The number of rotatable bonds is 11. The first-order valence-corrected chi connectivity index (χ1v) is 11.0. The quantitative estimate of drug-likeness (QED) is 0.258. The van der Waals surface area contributed by atoms with Gasteiger partial charge in [0.25, 0.3) is 0 Å². The van der Waals surface area contributed by atoms with Crippen molar-refractivity contribution in [1.29, 1.82) is 0 Å². The molecule has 1 fully saturated rings. The van der Waals surface area contributed by atoms with Crippen molar-refractivity contribution in [2.75, 3.05) is 59.8 Å². The van der Waals surface area contributed by atoms with Crippen molar-refractivity contribution < 1.29 is 9.47 Å². The minimum Gasteiger partial charge on any atom is -0.492 e. The van der Waals surface area contributed by atoms with Crippen LogP contribution in [-0.2, 0) is 11.3 Å². The predicted molar refractivity (Wildman–Crippen MR) is 135 cm³/mol. The Balaban J connectivity index is 0.00000420. The second kappa shape index (κ2) is 14.3. The van der Waals surface area contributed by atoms with E-state index in [1.807, 2.05) is 19.2 Å². The van der Waals surface area contributed by atoms with Gasteiger partial charge in [0.05, 0.1) is 6.61 Å². The molecule has 0 amide bonds. The number of hydrogen-bond donors (Lipinski definition) is 2. The Morgan fingerprint density at radius 3 is 2.76 bits per heavy atom. The summed E-state index contributed by atoms with van der Waals surface area (Å²) in [5.74, 6) is 3.01. The molecule has 0 aliphatic carbocycles. The lowest BCUT2D eigenvalue weighted by Crippen LogP contribution is -2.43. The van der Waals surface area contributed by atoms with Crippen LogP contribution in [0.2, 0.25) is 0 Å². The van der Waals surface area contributed by atoms with Gasteiger partial charge in [0.1, 0.15) is 12.4 Å². The normalized spacial score (nSPS) is 19.1. The average molecular weight is 537 g/mol. The maximum atomic E-state index is 5.90. The minimum absolute atomic E-state index is 0. The molecule has 1 aromatic carbocycles. The lowest BCUT2D eigenvalue weighted by molar-refractivity contribution is 0.150. The summed E-state index contributed by atoms with van der Waals surface area (Å²) in [6.45, 7) is 7.18. The van der Waals surface area contributed by atoms with Gasteiger partial charge in [-0.3, -0.25) is 4.99 Å². The third-order valence-electron chi connectivity index (χ3n) is 4.93. The van der Waals surface area contributed by atoms with Crippen LogP contribution in [0.25, 0.3) is 0 Å². The molecule has 166 valence electrons. The van der Waals surface area contributed by atoms with E-state index < -0.39 is 0 Å². The van der Waals surface area contributed by atoms with Crippen molar-refractivity contribution in [2.45, 2.75) is 31.1 Å². The molecule has 0 saturated carbocycles. The van der Waals surface area contributed by atoms with Crippen molar-refractivity contribution >= 4 is 41.7 Å². The number of aliphatic imine (C=N–C) groups is 1. The van der Waals surface area contributed by atoms with Crippen LogP contribution in [0.5, 0.6) is 5.75 Å². The Morgan fingerprint density at radius 1 is 1.28 bits per heavy atom. The molecule has 0 aromatic heterocycles. The van der Waals surface area contributed by atoms with Crippen LogP contribution in [-0.4, -0.2) is 75.4 Å². The predicted octanol–water partition coefficient (Wildman–Crippen LogP) is 3.21. The number of likely N-dealkylation sites (N-methyl/N-ethyl adjacent to an activating group) is 1. The number of halogens is 1. The van der Waals surface area contributed by atoms with Crippen LogP contribution in [0.1, 0.15) is 25.3 Å². The molecule has 1 saturated heterocycles. The molecule has 2 N–H and O–H groups in total. The second-order valence-electron chi connectivity index (χ2n) is 7.47. The summed E-state index contributed by atoms with van der Waals surface area (Å²) in [5.41, 5.74) is 1.18. The zero-order valence-corrected chi connectivity index (χ0v) is 21.3. The number of nitrogens with one attached hydrogen (secondary N) is 2. The molecule has 29 heavy (non-hydrogen) atoms. The van der Waals surface area contributed by atoms with Crippen LogP contribution >= 0.6 is 35.7 Å². The highest BCUT2D eigenvalue weighted by atomic mass is 127. The van der Waals surface area contributed by atoms with Crippen molar-refractivity contribution in [3.05, 3.63) is 29.8 Å². The fourth-order valence-electron chi connectivity index (χ4n) is 3.08. The molecule has 0 bridgehead atoms. The first kappa shape index (κ1) is 26.3. The van der Waals surface area contributed by atoms with Gasteiger partial charge in [-0.1, -0.05) is 12.1 Å². The van der Waals surface area contributed by atoms with Crippen LogP contribution in [0, 0.1) is 0 Å². The summed E-state index contributed by atoms with van der Waals surface area (Å²) in [4.78, 5) is 6.55. The Labute approximate surface area is 197 Å². The molecule has 1 unspecified atom stereocenters. The van der Waals surface area contributed by atoms with Crippen LogP contribution in [0.3, 0.4) is 0 Å². The lowest BCUT2D eigenvalue weighted by atomic mass is 10.1. The summed E-state index contributed by atoms with van der Waals surface area (Å²) in [6, 6.07) is 8.23. The third-order valence-corrected chi connectivity index (χ3v) is 6.47. The third kappa shape index (κ3) is 10.2. The van der Waals surface area contributed by atoms with Crippen LogP contribution < -0.4 is 15.4 Å². The van der Waals surface area contributed by atoms with E-state index in [2.05, 4.69) is 58.4 Å². The smallest absolute Gasteiger partial charge is 0.191 e. The van der Waals surface area contributed by atoms with Crippen molar-refractivity contribution in [3.63, 3.8) is 0 Å². The number of nitrogens with zero attached hydrogens (tertiary/aromatic N) is 2. The molecular weight excluding hydrogens is 499 g/mol. The van der Waals surface area contributed by atoms with Crippen molar-refractivity contribution in [3.8, 4) is 5.75 Å². The summed E-state index contributed by atoms with van der Waals surface area (Å²) in [5, 5.41) is 6.87. The SMILES string of the molecule is CN=C(NCc1cccc(OCCN(C)CCOC)c1)NCC1(C)CCCS1.I. The van der Waals surface area contributed by atoms with Gasteiger partial charge in [-0.15, -0.1) is 24.0 Å². The molecule has 0 spiro atoms. The molecule has 1 aliphatic heterocycles. The fourth-order valence-corrected chi connectivity index (χ4v) is 4.32. The monoisotopic (exact) mass is 536 g/mol. The molecule has 0 radical (unpaired) electrons. The van der Waals surface area contributed by atoms with Gasteiger partial charge in [-0.2, -0.15) is 11.8 Å². The molecule has 1 atom stereocenters. The average Bonchev–Trinajstić information content (AvgIpc) is 3.13. The molecule has 1 aromatic rings. The molecule has 8 heteroatoms. The zero-order valence-electron chi connectivity index (χ0n) is 18.2. The Hall–Kier alpha value is -0.710. The number of benzene rings is 1. The van der Waals surface area contributed by atoms with E-state index >= 15 is 0 Å². The van der Waals surface area contributed by atoms with Crippen LogP contribution in [0.4, 0.5) is 0 Å². The van der Waals surface area contributed by atoms with E-state index in [9.17, 15) is 0 Å². The van der Waals surface area contributed by atoms with E-state index in [0.717, 1.165) is 38.0 Å². The number of methoxy groups -OCH3 is 1. The lowest BCUT2D eigenvalue weighted by Gasteiger charge is -2.24. The molecule has 6 nitrogen and oxygen atoms in total. The van der Waals surface area contributed by atoms with Crippen LogP contribution in [0.15, 0.2) is 29.3 Å². The maximum absolute atomic E-state index is 5.90. The van der Waals surface area contributed by atoms with E-state index in [-0.39, 0.29) is 24.0 Å². The van der Waals surface area contributed by atoms with E-state index in [1.165, 1.54) is 24.2 Å². The Bertz CT molecular complexity index is 612. The largest absolute Gasteiger partial charge is 0.492 e. The van der Waals surface area contributed by atoms with Gasteiger partial charge >= 0.3 is 0 Å². The molecule has 1 aliphatic rings.